The fourth-order valence-electron chi connectivity index (χ4n) is 4.49. The fraction of sp³-hybridized carbons (Fsp3) is 0.241. The lowest BCUT2D eigenvalue weighted by molar-refractivity contribution is 0.0989. The highest BCUT2D eigenvalue weighted by molar-refractivity contribution is 6.11. The number of hydrogen-bond donors (Lipinski definition) is 1. The minimum Gasteiger partial charge on any atom is -0.506 e. The topological polar surface area (TPSA) is 118 Å². The first-order valence-electron chi connectivity index (χ1n) is 12.0. The molecule has 0 radical (unpaired) electrons. The molecule has 0 aliphatic rings. The molecule has 1 heterocycles. The number of fused-ring (bicyclic) bond motifs is 1. The SMILES string of the molecule is COc1ccc(N(C)C(=O)c2c(O)c3cc(OC)c(OC)c(OC)c3n(-c3ccc(OC)c(OC)c3)c2=O)cc1. The van der Waals surface area contributed by atoms with E-state index >= 15 is 0 Å². The van der Waals surface area contributed by atoms with Gasteiger partial charge in [0.2, 0.25) is 5.75 Å². The number of carbonyl (C=O) groups excluding carboxylic acids is 1. The first-order valence-corrected chi connectivity index (χ1v) is 12.0. The van der Waals surface area contributed by atoms with E-state index < -0.39 is 22.8 Å². The van der Waals surface area contributed by atoms with Gasteiger partial charge >= 0.3 is 0 Å². The molecule has 4 rings (SSSR count). The second-order valence-corrected chi connectivity index (χ2v) is 8.51. The smallest absolute Gasteiger partial charge is 0.272 e. The summed E-state index contributed by atoms with van der Waals surface area (Å²) in [5.41, 5.74) is -0.312. The molecular formula is C29H30N2O9. The number of aromatic nitrogens is 1. The van der Waals surface area contributed by atoms with E-state index in [1.54, 1.807) is 42.5 Å². The minimum atomic E-state index is -0.798. The second kappa shape index (κ2) is 11.4. The number of carbonyl (C=O) groups is 1. The van der Waals surface area contributed by atoms with Crippen molar-refractivity contribution in [1.82, 2.24) is 4.57 Å². The predicted octanol–water partition coefficient (Wildman–Crippen LogP) is 4.02. The number of nitrogens with zero attached hydrogens (tertiary/aromatic N) is 2. The van der Waals surface area contributed by atoms with E-state index in [1.807, 2.05) is 0 Å². The fourth-order valence-corrected chi connectivity index (χ4v) is 4.49. The lowest BCUT2D eigenvalue weighted by Crippen LogP contribution is -2.34. The number of anilines is 1. The Balaban J connectivity index is 2.11. The van der Waals surface area contributed by atoms with Crippen LogP contribution in [-0.4, -0.2) is 65.3 Å². The van der Waals surface area contributed by atoms with E-state index in [9.17, 15) is 14.7 Å². The first-order chi connectivity index (χ1) is 19.3. The van der Waals surface area contributed by atoms with Crippen molar-refractivity contribution < 1.29 is 38.3 Å². The van der Waals surface area contributed by atoms with Crippen LogP contribution in [-0.2, 0) is 0 Å². The number of rotatable bonds is 9. The van der Waals surface area contributed by atoms with Gasteiger partial charge in [0.25, 0.3) is 11.5 Å². The zero-order valence-corrected chi connectivity index (χ0v) is 23.2. The summed E-state index contributed by atoms with van der Waals surface area (Å²) < 4.78 is 33.9. The maximum atomic E-state index is 14.2. The van der Waals surface area contributed by atoms with Crippen molar-refractivity contribution in [2.75, 3.05) is 54.6 Å². The molecule has 210 valence electrons. The van der Waals surface area contributed by atoms with Gasteiger partial charge in [-0.05, 0) is 42.5 Å². The van der Waals surface area contributed by atoms with Crippen LogP contribution >= 0.6 is 0 Å². The summed E-state index contributed by atoms with van der Waals surface area (Å²) in [6.45, 7) is 0. The average molecular weight is 551 g/mol. The van der Waals surface area contributed by atoms with Gasteiger partial charge in [-0.3, -0.25) is 14.2 Å². The van der Waals surface area contributed by atoms with Crippen molar-refractivity contribution in [3.05, 3.63) is 64.4 Å². The summed E-state index contributed by atoms with van der Waals surface area (Å²) in [5, 5.41) is 11.6. The van der Waals surface area contributed by atoms with Gasteiger partial charge in [-0.15, -0.1) is 0 Å². The van der Waals surface area contributed by atoms with E-state index in [-0.39, 0.29) is 28.2 Å². The van der Waals surface area contributed by atoms with Gasteiger partial charge in [-0.2, -0.15) is 0 Å². The van der Waals surface area contributed by atoms with Gasteiger partial charge in [0, 0.05) is 24.2 Å². The van der Waals surface area contributed by atoms with Crippen molar-refractivity contribution in [2.45, 2.75) is 0 Å². The number of ether oxygens (including phenoxy) is 6. The lowest BCUT2D eigenvalue weighted by Gasteiger charge is -2.23. The Kier molecular flexibility index (Phi) is 7.94. The van der Waals surface area contributed by atoms with Crippen LogP contribution in [0, 0.1) is 0 Å². The maximum Gasteiger partial charge on any atom is 0.272 e. The summed E-state index contributed by atoms with van der Waals surface area (Å²) in [6, 6.07) is 13.0. The van der Waals surface area contributed by atoms with E-state index in [2.05, 4.69) is 0 Å². The van der Waals surface area contributed by atoms with Gasteiger partial charge in [0.1, 0.15) is 22.6 Å². The molecule has 1 aromatic heterocycles. The number of amides is 1. The molecule has 0 saturated heterocycles. The maximum absolute atomic E-state index is 14.2. The molecule has 1 N–H and O–H groups in total. The Morgan fingerprint density at radius 3 is 1.93 bits per heavy atom. The molecule has 0 bridgehead atoms. The number of pyridine rings is 1. The van der Waals surface area contributed by atoms with Crippen molar-refractivity contribution in [3.8, 4) is 45.9 Å². The average Bonchev–Trinajstić information content (AvgIpc) is 2.99. The molecule has 0 saturated carbocycles. The van der Waals surface area contributed by atoms with Crippen molar-refractivity contribution in [3.63, 3.8) is 0 Å². The highest BCUT2D eigenvalue weighted by Gasteiger charge is 2.30. The van der Waals surface area contributed by atoms with E-state index in [1.165, 1.54) is 65.2 Å². The van der Waals surface area contributed by atoms with E-state index in [0.29, 0.717) is 28.6 Å². The molecule has 11 heteroatoms. The summed E-state index contributed by atoms with van der Waals surface area (Å²) in [6.07, 6.45) is 0. The molecule has 1 amide bonds. The van der Waals surface area contributed by atoms with Crippen molar-refractivity contribution in [1.29, 1.82) is 0 Å². The quantitative estimate of drug-likeness (QED) is 0.330. The molecular weight excluding hydrogens is 520 g/mol. The molecule has 11 nitrogen and oxygen atoms in total. The Bertz CT molecular complexity index is 1630. The van der Waals surface area contributed by atoms with Gasteiger partial charge < -0.3 is 38.4 Å². The number of methoxy groups -OCH3 is 6. The van der Waals surface area contributed by atoms with Gasteiger partial charge in [0.05, 0.1) is 48.3 Å². The van der Waals surface area contributed by atoms with Crippen LogP contribution in [0.3, 0.4) is 0 Å². The monoisotopic (exact) mass is 550 g/mol. The van der Waals surface area contributed by atoms with Crippen LogP contribution in [0.4, 0.5) is 5.69 Å². The largest absolute Gasteiger partial charge is 0.506 e. The van der Waals surface area contributed by atoms with Crippen LogP contribution in [0.1, 0.15) is 10.4 Å². The summed E-state index contributed by atoms with van der Waals surface area (Å²) in [7, 11) is 10.2. The van der Waals surface area contributed by atoms with Gasteiger partial charge in [-0.25, -0.2) is 0 Å². The molecule has 0 unspecified atom stereocenters. The van der Waals surface area contributed by atoms with Crippen molar-refractivity contribution in [2.24, 2.45) is 0 Å². The summed E-state index contributed by atoms with van der Waals surface area (Å²) in [5.74, 6) is 0.629. The van der Waals surface area contributed by atoms with Gasteiger partial charge in [0.15, 0.2) is 23.0 Å². The molecule has 4 aromatic rings. The Morgan fingerprint density at radius 2 is 1.38 bits per heavy atom. The Hall–Kier alpha value is -5.06. The van der Waals surface area contributed by atoms with Crippen LogP contribution in [0.5, 0.6) is 40.2 Å². The predicted molar refractivity (Wildman–Crippen MR) is 150 cm³/mol. The number of hydrogen-bond acceptors (Lipinski definition) is 9. The molecule has 0 spiro atoms. The molecule has 0 aliphatic heterocycles. The summed E-state index contributed by atoms with van der Waals surface area (Å²) >= 11 is 0. The zero-order chi connectivity index (χ0) is 29.1. The van der Waals surface area contributed by atoms with E-state index in [4.69, 9.17) is 28.4 Å². The third-order valence-electron chi connectivity index (χ3n) is 6.54. The van der Waals surface area contributed by atoms with Crippen LogP contribution < -0.4 is 38.9 Å². The van der Waals surface area contributed by atoms with Crippen LogP contribution in [0.25, 0.3) is 16.6 Å². The third kappa shape index (κ3) is 4.55. The van der Waals surface area contributed by atoms with Crippen LogP contribution in [0.2, 0.25) is 0 Å². The standard InChI is InChI=1S/C29H30N2O9/c1-30(16-8-11-18(35-2)12-9-16)28(33)23-25(32)19-15-22(38-5)26(39-6)27(40-7)24(19)31(29(23)34)17-10-13-20(36-3)21(14-17)37-4/h8-15,32H,1-7H3. The molecule has 40 heavy (non-hydrogen) atoms. The highest BCUT2D eigenvalue weighted by atomic mass is 16.5. The van der Waals surface area contributed by atoms with Crippen molar-refractivity contribution >= 4 is 22.5 Å². The lowest BCUT2D eigenvalue weighted by atomic mass is 10.1. The Labute approximate surface area is 230 Å². The van der Waals surface area contributed by atoms with Crippen LogP contribution in [0.15, 0.2) is 53.3 Å². The zero-order valence-electron chi connectivity index (χ0n) is 23.2. The Morgan fingerprint density at radius 1 is 0.750 bits per heavy atom. The summed E-state index contributed by atoms with van der Waals surface area (Å²) in [4.78, 5) is 29.3. The van der Waals surface area contributed by atoms with E-state index in [0.717, 1.165) is 0 Å². The van der Waals surface area contributed by atoms with Gasteiger partial charge in [-0.1, -0.05) is 0 Å². The minimum absolute atomic E-state index is 0.113. The third-order valence-corrected chi connectivity index (χ3v) is 6.54. The molecule has 0 atom stereocenters. The first kappa shape index (κ1) is 28.0. The highest BCUT2D eigenvalue weighted by Crippen LogP contribution is 2.46. The second-order valence-electron chi connectivity index (χ2n) is 8.51. The normalized spacial score (nSPS) is 10.7. The molecule has 3 aromatic carbocycles. The molecule has 0 aliphatic carbocycles. The molecule has 0 fully saturated rings. The number of benzene rings is 3. The number of aromatic hydroxyl groups is 1.